The first-order chi connectivity index (χ1) is 14.8. The normalized spacial score (nSPS) is 15.8. The summed E-state index contributed by atoms with van der Waals surface area (Å²) in [4.78, 5) is 12.8. The van der Waals surface area contributed by atoms with Crippen molar-refractivity contribution in [3.8, 4) is 5.75 Å². The monoisotopic (exact) mass is 401 g/mol. The van der Waals surface area contributed by atoms with Gasteiger partial charge in [0, 0.05) is 24.6 Å². The van der Waals surface area contributed by atoms with E-state index in [2.05, 4.69) is 29.6 Å². The maximum absolute atomic E-state index is 12.8. The van der Waals surface area contributed by atoms with Crippen LogP contribution in [-0.4, -0.2) is 31.8 Å². The molecule has 0 aliphatic carbocycles. The lowest BCUT2D eigenvalue weighted by molar-refractivity contribution is 0.0679. The quantitative estimate of drug-likeness (QED) is 0.589. The molecule has 0 spiro atoms. The average molecular weight is 402 g/mol. The van der Waals surface area contributed by atoms with Gasteiger partial charge in [0.2, 0.25) is 0 Å². The van der Waals surface area contributed by atoms with Crippen molar-refractivity contribution in [2.45, 2.75) is 24.9 Å². The van der Waals surface area contributed by atoms with Gasteiger partial charge in [0.1, 0.15) is 12.4 Å². The minimum absolute atomic E-state index is 0.0929. The molecular weight excluding hydrogens is 374 g/mol. The maximum atomic E-state index is 12.8. The number of carbonyl (C=O) groups is 1. The molecule has 3 aromatic rings. The van der Waals surface area contributed by atoms with Crippen molar-refractivity contribution in [1.29, 1.82) is 0 Å². The van der Waals surface area contributed by atoms with Crippen molar-refractivity contribution in [3.63, 3.8) is 0 Å². The average Bonchev–Trinajstić information content (AvgIpc) is 3.33. The fourth-order valence-corrected chi connectivity index (χ4v) is 3.79. The highest BCUT2D eigenvalue weighted by molar-refractivity contribution is 5.94. The third kappa shape index (κ3) is 5.28. The Morgan fingerprint density at radius 1 is 0.967 bits per heavy atom. The Labute approximate surface area is 177 Å². The highest BCUT2D eigenvalue weighted by Crippen LogP contribution is 2.24. The molecule has 30 heavy (non-hydrogen) atoms. The van der Waals surface area contributed by atoms with E-state index in [4.69, 9.17) is 9.47 Å². The summed E-state index contributed by atoms with van der Waals surface area (Å²) < 4.78 is 11.4. The summed E-state index contributed by atoms with van der Waals surface area (Å²) in [5, 5.41) is 3.10. The standard InChI is InChI=1S/C26H27NO3/c28-26(22-13-7-14-23(17-22)30-19-24-15-8-16-29-24)27-18-25(20-9-3-1-4-10-20)21-11-5-2-6-12-21/h1-7,9-14,17,24-25H,8,15-16,18-19H2,(H,27,28). The van der Waals surface area contributed by atoms with E-state index in [1.807, 2.05) is 54.6 Å². The zero-order chi connectivity index (χ0) is 20.6. The van der Waals surface area contributed by atoms with E-state index in [1.165, 1.54) is 11.1 Å². The second-order valence-electron chi connectivity index (χ2n) is 7.56. The summed E-state index contributed by atoms with van der Waals surface area (Å²) in [6.07, 6.45) is 2.26. The number of hydrogen-bond acceptors (Lipinski definition) is 3. The summed E-state index contributed by atoms with van der Waals surface area (Å²) in [6.45, 7) is 1.85. The number of amides is 1. The minimum Gasteiger partial charge on any atom is -0.491 e. The van der Waals surface area contributed by atoms with Crippen LogP contribution < -0.4 is 10.1 Å². The number of rotatable bonds is 8. The van der Waals surface area contributed by atoms with Crippen molar-refractivity contribution in [2.75, 3.05) is 19.8 Å². The van der Waals surface area contributed by atoms with Gasteiger partial charge in [-0.2, -0.15) is 0 Å². The first-order valence-electron chi connectivity index (χ1n) is 10.5. The van der Waals surface area contributed by atoms with E-state index >= 15 is 0 Å². The summed E-state index contributed by atoms with van der Waals surface area (Å²) in [5.74, 6) is 0.686. The van der Waals surface area contributed by atoms with Crippen LogP contribution in [-0.2, 0) is 4.74 Å². The first-order valence-corrected chi connectivity index (χ1v) is 10.5. The minimum atomic E-state index is -0.102. The summed E-state index contributed by atoms with van der Waals surface area (Å²) in [5.41, 5.74) is 2.95. The first kappa shape index (κ1) is 20.2. The molecule has 1 atom stereocenters. The molecule has 0 saturated carbocycles. The Morgan fingerprint density at radius 2 is 1.67 bits per heavy atom. The molecule has 0 bridgehead atoms. The van der Waals surface area contributed by atoms with Crippen LogP contribution in [0.1, 0.15) is 40.2 Å². The van der Waals surface area contributed by atoms with Crippen molar-refractivity contribution in [1.82, 2.24) is 5.32 Å². The van der Waals surface area contributed by atoms with Crippen LogP contribution in [0.2, 0.25) is 0 Å². The summed E-state index contributed by atoms with van der Waals surface area (Å²) in [6, 6.07) is 27.9. The molecule has 3 aromatic carbocycles. The van der Waals surface area contributed by atoms with E-state index in [-0.39, 0.29) is 17.9 Å². The van der Waals surface area contributed by atoms with E-state index in [1.54, 1.807) is 6.07 Å². The van der Waals surface area contributed by atoms with E-state index < -0.39 is 0 Å². The molecule has 1 heterocycles. The molecule has 154 valence electrons. The summed E-state index contributed by atoms with van der Waals surface area (Å²) >= 11 is 0. The molecule has 1 aliphatic heterocycles. The molecule has 1 fully saturated rings. The molecule has 0 aromatic heterocycles. The summed E-state index contributed by atoms with van der Waals surface area (Å²) in [7, 11) is 0. The lowest BCUT2D eigenvalue weighted by Crippen LogP contribution is -2.29. The topological polar surface area (TPSA) is 47.6 Å². The highest BCUT2D eigenvalue weighted by Gasteiger charge is 2.18. The van der Waals surface area contributed by atoms with Gasteiger partial charge in [0.05, 0.1) is 6.10 Å². The molecule has 4 rings (SSSR count). The Hall–Kier alpha value is -3.11. The fourth-order valence-electron chi connectivity index (χ4n) is 3.79. The van der Waals surface area contributed by atoms with Crippen LogP contribution >= 0.6 is 0 Å². The van der Waals surface area contributed by atoms with Gasteiger partial charge in [-0.1, -0.05) is 66.7 Å². The molecule has 1 saturated heterocycles. The lowest BCUT2D eigenvalue weighted by atomic mass is 9.91. The van der Waals surface area contributed by atoms with E-state index in [0.29, 0.717) is 24.5 Å². The zero-order valence-corrected chi connectivity index (χ0v) is 17.0. The number of hydrogen-bond donors (Lipinski definition) is 1. The zero-order valence-electron chi connectivity index (χ0n) is 17.0. The lowest BCUT2D eigenvalue weighted by Gasteiger charge is -2.19. The molecule has 0 radical (unpaired) electrons. The van der Waals surface area contributed by atoms with Gasteiger partial charge >= 0.3 is 0 Å². The van der Waals surface area contributed by atoms with Crippen molar-refractivity contribution in [2.24, 2.45) is 0 Å². The molecule has 4 nitrogen and oxygen atoms in total. The molecule has 1 N–H and O–H groups in total. The maximum Gasteiger partial charge on any atom is 0.251 e. The van der Waals surface area contributed by atoms with Gasteiger partial charge in [0.25, 0.3) is 5.91 Å². The molecule has 1 aliphatic rings. The predicted molar refractivity (Wildman–Crippen MR) is 118 cm³/mol. The van der Waals surface area contributed by atoms with Crippen LogP contribution in [0.3, 0.4) is 0 Å². The van der Waals surface area contributed by atoms with Crippen LogP contribution in [0.15, 0.2) is 84.9 Å². The molecule has 1 unspecified atom stereocenters. The molecule has 1 amide bonds. The van der Waals surface area contributed by atoms with E-state index in [9.17, 15) is 4.79 Å². The Morgan fingerprint density at radius 3 is 2.30 bits per heavy atom. The molecule has 4 heteroatoms. The Balaban J connectivity index is 1.41. The Bertz CT molecular complexity index is 897. The van der Waals surface area contributed by atoms with Gasteiger partial charge < -0.3 is 14.8 Å². The fraction of sp³-hybridized carbons (Fsp3) is 0.269. The van der Waals surface area contributed by atoms with Crippen molar-refractivity contribution in [3.05, 3.63) is 102 Å². The van der Waals surface area contributed by atoms with Crippen LogP contribution in [0.4, 0.5) is 0 Å². The van der Waals surface area contributed by atoms with Gasteiger partial charge in [-0.15, -0.1) is 0 Å². The van der Waals surface area contributed by atoms with Gasteiger partial charge in [-0.3, -0.25) is 4.79 Å². The van der Waals surface area contributed by atoms with Crippen LogP contribution in [0.5, 0.6) is 5.75 Å². The third-order valence-corrected chi connectivity index (χ3v) is 5.43. The van der Waals surface area contributed by atoms with Crippen LogP contribution in [0.25, 0.3) is 0 Å². The second-order valence-corrected chi connectivity index (χ2v) is 7.56. The predicted octanol–water partition coefficient (Wildman–Crippen LogP) is 4.81. The number of carbonyl (C=O) groups excluding carboxylic acids is 1. The van der Waals surface area contributed by atoms with E-state index in [0.717, 1.165) is 19.4 Å². The van der Waals surface area contributed by atoms with Crippen LogP contribution in [0, 0.1) is 0 Å². The Kier molecular flexibility index (Phi) is 6.78. The second kappa shape index (κ2) is 10.1. The SMILES string of the molecule is O=C(NCC(c1ccccc1)c1ccccc1)c1cccc(OCC2CCCO2)c1. The van der Waals surface area contributed by atoms with Crippen molar-refractivity contribution >= 4 is 5.91 Å². The largest absolute Gasteiger partial charge is 0.491 e. The highest BCUT2D eigenvalue weighted by atomic mass is 16.5. The van der Waals surface area contributed by atoms with Gasteiger partial charge in [-0.25, -0.2) is 0 Å². The number of ether oxygens (including phenoxy) is 2. The van der Waals surface area contributed by atoms with Gasteiger partial charge in [-0.05, 0) is 42.2 Å². The van der Waals surface area contributed by atoms with Gasteiger partial charge in [0.15, 0.2) is 0 Å². The number of benzene rings is 3. The molecular formula is C26H27NO3. The third-order valence-electron chi connectivity index (χ3n) is 5.43. The van der Waals surface area contributed by atoms with Crippen molar-refractivity contribution < 1.29 is 14.3 Å². The smallest absolute Gasteiger partial charge is 0.251 e. The number of nitrogens with one attached hydrogen (secondary N) is 1.